The molecule has 33 heavy (non-hydrogen) atoms. The van der Waals surface area contributed by atoms with Gasteiger partial charge in [-0.05, 0) is 52.7 Å². The van der Waals surface area contributed by atoms with E-state index in [1.165, 1.54) is 35.6 Å². The Balaban J connectivity index is 1.96. The first kappa shape index (κ1) is 22.8. The molecular weight excluding hydrogens is 512 g/mol. The Kier molecular flexibility index (Phi) is 6.39. The fourth-order valence-corrected chi connectivity index (χ4v) is 4.77. The second kappa shape index (κ2) is 9.24. The number of hydrogen-bond donors (Lipinski definition) is 2. The van der Waals surface area contributed by atoms with Crippen molar-refractivity contribution in [3.05, 3.63) is 69.1 Å². The zero-order valence-corrected chi connectivity index (χ0v) is 20.0. The molecule has 1 aromatic heterocycles. The predicted molar refractivity (Wildman–Crippen MR) is 127 cm³/mol. The maximum absolute atomic E-state index is 13.2. The summed E-state index contributed by atoms with van der Waals surface area (Å²) in [4.78, 5) is 31.7. The van der Waals surface area contributed by atoms with Gasteiger partial charge in [-0.15, -0.1) is 11.3 Å². The van der Waals surface area contributed by atoms with Gasteiger partial charge in [-0.2, -0.15) is 0 Å². The summed E-state index contributed by atoms with van der Waals surface area (Å²) in [7, 11) is 1.39. The van der Waals surface area contributed by atoms with Gasteiger partial charge in [-0.3, -0.25) is 14.5 Å². The van der Waals surface area contributed by atoms with Gasteiger partial charge in [0, 0.05) is 17.1 Å². The van der Waals surface area contributed by atoms with Crippen LogP contribution < -0.4 is 14.4 Å². The molecule has 8 nitrogen and oxygen atoms in total. The van der Waals surface area contributed by atoms with E-state index in [1.807, 2.05) is 6.92 Å². The number of carbonyl (C=O) groups is 2. The third-order valence-corrected chi connectivity index (χ3v) is 6.45. The van der Waals surface area contributed by atoms with Gasteiger partial charge >= 0.3 is 5.91 Å². The highest BCUT2D eigenvalue weighted by Gasteiger charge is 2.48. The molecule has 2 heterocycles. The monoisotopic (exact) mass is 530 g/mol. The second-order valence-corrected chi connectivity index (χ2v) is 8.73. The van der Waals surface area contributed by atoms with Gasteiger partial charge < -0.3 is 19.7 Å². The quantitative estimate of drug-likeness (QED) is 0.271. The van der Waals surface area contributed by atoms with Crippen LogP contribution in [0.15, 0.2) is 58.0 Å². The summed E-state index contributed by atoms with van der Waals surface area (Å²) in [5.74, 6) is -1.49. The molecule has 0 bridgehead atoms. The topological polar surface area (TPSA) is 109 Å². The Morgan fingerprint density at radius 3 is 2.73 bits per heavy atom. The van der Waals surface area contributed by atoms with E-state index in [0.29, 0.717) is 33.1 Å². The van der Waals surface area contributed by atoms with Crippen LogP contribution in [0.4, 0.5) is 5.13 Å². The van der Waals surface area contributed by atoms with Crippen LogP contribution in [0, 0.1) is 0 Å². The van der Waals surface area contributed by atoms with Crippen LogP contribution >= 0.6 is 27.3 Å². The van der Waals surface area contributed by atoms with Crippen LogP contribution in [0.25, 0.3) is 5.76 Å². The largest absolute Gasteiger partial charge is 0.507 e. The van der Waals surface area contributed by atoms with E-state index >= 15 is 0 Å². The summed E-state index contributed by atoms with van der Waals surface area (Å²) in [6.45, 7) is 2.27. The molecule has 2 N–H and O–H groups in total. The summed E-state index contributed by atoms with van der Waals surface area (Å²) in [6.07, 6.45) is 1.52. The number of phenols is 1. The number of nitrogens with zero attached hydrogens (tertiary/aromatic N) is 2. The molecule has 1 saturated heterocycles. The second-order valence-electron chi connectivity index (χ2n) is 7.00. The highest BCUT2D eigenvalue weighted by atomic mass is 79.9. The highest BCUT2D eigenvalue weighted by Crippen LogP contribution is 2.46. The van der Waals surface area contributed by atoms with Gasteiger partial charge in [0.15, 0.2) is 16.6 Å². The number of hydrogen-bond acceptors (Lipinski definition) is 8. The van der Waals surface area contributed by atoms with E-state index in [2.05, 4.69) is 20.9 Å². The number of methoxy groups -OCH3 is 1. The van der Waals surface area contributed by atoms with E-state index in [-0.39, 0.29) is 22.8 Å². The first-order valence-corrected chi connectivity index (χ1v) is 11.5. The van der Waals surface area contributed by atoms with Crippen molar-refractivity contribution in [3.63, 3.8) is 0 Å². The number of thiazole rings is 1. The Hall–Kier alpha value is -3.37. The number of aliphatic hydroxyl groups is 1. The first-order chi connectivity index (χ1) is 15.9. The number of carbonyl (C=O) groups excluding carboxylic acids is 2. The van der Waals surface area contributed by atoms with Crippen molar-refractivity contribution in [3.8, 4) is 17.2 Å². The molecule has 10 heteroatoms. The van der Waals surface area contributed by atoms with E-state index in [9.17, 15) is 19.8 Å². The molecule has 1 unspecified atom stereocenters. The summed E-state index contributed by atoms with van der Waals surface area (Å²) < 4.78 is 11.1. The maximum Gasteiger partial charge on any atom is 0.301 e. The lowest BCUT2D eigenvalue weighted by atomic mass is 9.95. The number of amides is 1. The summed E-state index contributed by atoms with van der Waals surface area (Å²) in [6, 6.07) is 8.72. The van der Waals surface area contributed by atoms with Crippen LogP contribution in [0.2, 0.25) is 0 Å². The minimum atomic E-state index is -1.00. The Bertz CT molecular complexity index is 1260. The Morgan fingerprint density at radius 1 is 1.27 bits per heavy atom. The number of benzene rings is 2. The average molecular weight is 531 g/mol. The fourth-order valence-electron chi connectivity index (χ4n) is 3.64. The van der Waals surface area contributed by atoms with Crippen molar-refractivity contribution in [1.29, 1.82) is 0 Å². The number of phenolic OH excluding ortho intramolecular Hbond substituents is 1. The lowest BCUT2D eigenvalue weighted by Crippen LogP contribution is -2.29. The van der Waals surface area contributed by atoms with Gasteiger partial charge in [-0.1, -0.05) is 12.1 Å². The molecule has 1 fully saturated rings. The zero-order chi connectivity index (χ0) is 23.7. The van der Waals surface area contributed by atoms with Gasteiger partial charge in [0.1, 0.15) is 11.5 Å². The minimum absolute atomic E-state index is 0.108. The smallest absolute Gasteiger partial charge is 0.301 e. The molecule has 4 rings (SSSR count). The zero-order valence-electron chi connectivity index (χ0n) is 17.6. The molecule has 170 valence electrons. The molecule has 1 aliphatic rings. The Labute approximate surface area is 201 Å². The van der Waals surface area contributed by atoms with Gasteiger partial charge in [0.2, 0.25) is 0 Å². The SMILES string of the molecule is CCOc1cccc(/C(O)=C2\C(=O)C(=O)N(c3nccs3)C2c2cc(Br)c(O)c(OC)c2)c1. The lowest BCUT2D eigenvalue weighted by molar-refractivity contribution is -0.132. The van der Waals surface area contributed by atoms with Crippen LogP contribution in [0.5, 0.6) is 17.2 Å². The molecule has 1 amide bonds. The van der Waals surface area contributed by atoms with Gasteiger partial charge in [-0.25, -0.2) is 4.98 Å². The standard InChI is InChI=1S/C23H19BrN2O6S/c1-3-32-14-6-4-5-12(9-14)19(27)17-18(13-10-15(24)20(28)16(11-13)31-2)26(22(30)21(17)29)23-25-7-8-33-23/h4-11,18,27-28H,3H2,1-2H3/b19-17+. The van der Waals surface area contributed by atoms with Crippen LogP contribution in [-0.4, -0.2) is 40.6 Å². The van der Waals surface area contributed by atoms with Crippen LogP contribution in [0.3, 0.4) is 0 Å². The fraction of sp³-hybridized carbons (Fsp3) is 0.174. The van der Waals surface area contributed by atoms with E-state index in [0.717, 1.165) is 0 Å². The molecule has 3 aromatic rings. The minimum Gasteiger partial charge on any atom is -0.507 e. The number of rotatable bonds is 6. The average Bonchev–Trinajstić information content (AvgIpc) is 3.42. The number of anilines is 1. The van der Waals surface area contributed by atoms with Crippen molar-refractivity contribution in [2.24, 2.45) is 0 Å². The maximum atomic E-state index is 13.2. The number of aliphatic hydroxyl groups excluding tert-OH is 1. The summed E-state index contributed by atoms with van der Waals surface area (Å²) in [5.41, 5.74) is 0.657. The number of ketones is 1. The third-order valence-electron chi connectivity index (χ3n) is 5.07. The molecule has 0 spiro atoms. The van der Waals surface area contributed by atoms with Crippen molar-refractivity contribution in [2.75, 3.05) is 18.6 Å². The molecule has 0 saturated carbocycles. The van der Waals surface area contributed by atoms with Crippen molar-refractivity contribution in [1.82, 2.24) is 4.98 Å². The summed E-state index contributed by atoms with van der Waals surface area (Å²) in [5, 5.41) is 23.4. The third kappa shape index (κ3) is 4.07. The van der Waals surface area contributed by atoms with E-state index in [4.69, 9.17) is 9.47 Å². The van der Waals surface area contributed by atoms with Gasteiger partial charge in [0.05, 0.1) is 29.8 Å². The molecule has 0 radical (unpaired) electrons. The van der Waals surface area contributed by atoms with Crippen molar-refractivity contribution in [2.45, 2.75) is 13.0 Å². The lowest BCUT2D eigenvalue weighted by Gasteiger charge is -2.24. The highest BCUT2D eigenvalue weighted by molar-refractivity contribution is 9.10. The molecule has 1 atom stereocenters. The molecule has 1 aliphatic heterocycles. The number of Topliss-reactive ketones (excluding diaryl/α,β-unsaturated/α-hetero) is 1. The van der Waals surface area contributed by atoms with Crippen LogP contribution in [-0.2, 0) is 9.59 Å². The Morgan fingerprint density at radius 2 is 2.06 bits per heavy atom. The van der Waals surface area contributed by atoms with Crippen molar-refractivity contribution >= 4 is 49.8 Å². The number of aromatic nitrogens is 1. The van der Waals surface area contributed by atoms with E-state index < -0.39 is 17.7 Å². The molecule has 2 aromatic carbocycles. The van der Waals surface area contributed by atoms with Crippen molar-refractivity contribution < 1.29 is 29.3 Å². The number of aromatic hydroxyl groups is 1. The normalized spacial score (nSPS) is 17.4. The summed E-state index contributed by atoms with van der Waals surface area (Å²) >= 11 is 4.47. The number of ether oxygens (including phenoxy) is 2. The molecule has 0 aliphatic carbocycles. The van der Waals surface area contributed by atoms with Crippen LogP contribution in [0.1, 0.15) is 24.1 Å². The number of halogens is 1. The molecular formula is C23H19BrN2O6S. The van der Waals surface area contributed by atoms with Gasteiger partial charge in [0.25, 0.3) is 5.78 Å². The first-order valence-electron chi connectivity index (χ1n) is 9.87. The van der Waals surface area contributed by atoms with E-state index in [1.54, 1.807) is 35.7 Å². The predicted octanol–water partition coefficient (Wildman–Crippen LogP) is 4.64.